The van der Waals surface area contributed by atoms with Crippen LogP contribution in [0.2, 0.25) is 0 Å². The summed E-state index contributed by atoms with van der Waals surface area (Å²) < 4.78 is 0. The van der Waals surface area contributed by atoms with E-state index < -0.39 is 169 Å². The molecule has 31 heteroatoms. The molecule has 0 bridgehead atoms. The van der Waals surface area contributed by atoms with Crippen LogP contribution in [0.3, 0.4) is 0 Å². The number of hydrogen-bond donors (Lipinski definition) is 15. The molecule has 2 saturated heterocycles. The summed E-state index contributed by atoms with van der Waals surface area (Å²) in [4.78, 5) is 173. The number of likely N-dealkylation sites (tertiary alicyclic amines) is 2. The highest BCUT2D eigenvalue weighted by Gasteiger charge is 2.43. The molecule has 9 amide bonds. The number of aliphatic imine (C=N–C) groups is 1. The molecular weight excluding hydrogens is 1070 g/mol. The van der Waals surface area contributed by atoms with Crippen LogP contribution in [0.15, 0.2) is 17.5 Å². The van der Waals surface area contributed by atoms with Crippen LogP contribution >= 0.6 is 0 Å². The van der Waals surface area contributed by atoms with E-state index in [1.807, 2.05) is 0 Å². The lowest BCUT2D eigenvalue weighted by Gasteiger charge is -2.31. The normalized spacial score (nSPS) is 18.3. The van der Waals surface area contributed by atoms with E-state index in [1.54, 1.807) is 27.7 Å². The van der Waals surface area contributed by atoms with Gasteiger partial charge in [0.2, 0.25) is 53.2 Å². The van der Waals surface area contributed by atoms with Crippen molar-refractivity contribution in [3.8, 4) is 0 Å². The zero-order chi connectivity index (χ0) is 60.8. The number of carboxylic acid groups (broad SMARTS) is 3. The van der Waals surface area contributed by atoms with Crippen molar-refractivity contribution < 1.29 is 78.0 Å². The minimum atomic E-state index is -1.75. The van der Waals surface area contributed by atoms with Gasteiger partial charge in [0.25, 0.3) is 0 Å². The summed E-state index contributed by atoms with van der Waals surface area (Å²) in [5.74, 6) is -12.8. The number of H-pyrrole nitrogens is 1. The summed E-state index contributed by atoms with van der Waals surface area (Å²) in [7, 11) is 0. The first-order valence-electron chi connectivity index (χ1n) is 26.9. The Morgan fingerprint density at radius 1 is 0.654 bits per heavy atom. The Bertz CT molecular complexity index is 2420. The lowest BCUT2D eigenvalue weighted by Crippen LogP contribution is -2.61. The third kappa shape index (κ3) is 21.6. The molecule has 0 aromatic carbocycles. The second-order valence-corrected chi connectivity index (χ2v) is 21.0. The Kier molecular flexibility index (Phi) is 26.9. The van der Waals surface area contributed by atoms with E-state index in [9.17, 15) is 78.0 Å². The SMILES string of the molecule is CC(C)C[C@H](NC(=O)[C@@H](NC(=O)[C@@H]1CCCN1C(=O)[C@H](Cc1cnc[nH]1)NC(=O)[C@H](CCC(=O)O)NC(=O)[C@H](CCC(=O)O)NC(=O)[C@@H]1CCCN1C(=O)[C@H](C)NC(=O)[C@@H](NC(=O)[C@@H](N)CCCN=C(N)N)C(C)C)[C@@H](C)O)C(=O)O. The van der Waals surface area contributed by atoms with Gasteiger partial charge in [-0.15, -0.1) is 0 Å². The van der Waals surface area contributed by atoms with Crippen molar-refractivity contribution in [1.29, 1.82) is 0 Å². The van der Waals surface area contributed by atoms with Crippen molar-refractivity contribution in [1.82, 2.24) is 57.0 Å². The number of aliphatic carboxylic acids is 3. The van der Waals surface area contributed by atoms with Crippen molar-refractivity contribution in [3.05, 3.63) is 18.2 Å². The maximum atomic E-state index is 14.5. The van der Waals surface area contributed by atoms with Gasteiger partial charge in [-0.05, 0) is 83.5 Å². The number of guanidine groups is 1. The molecule has 1 aromatic heterocycles. The first-order chi connectivity index (χ1) is 38.0. The number of nitrogens with one attached hydrogen (secondary N) is 8. The van der Waals surface area contributed by atoms with Gasteiger partial charge in [-0.1, -0.05) is 27.7 Å². The molecule has 2 fully saturated rings. The van der Waals surface area contributed by atoms with Gasteiger partial charge in [0.15, 0.2) is 5.96 Å². The molecule has 31 nitrogen and oxygen atoms in total. The molecule has 81 heavy (non-hydrogen) atoms. The van der Waals surface area contributed by atoms with E-state index in [2.05, 4.69) is 52.2 Å². The fourth-order valence-corrected chi connectivity index (χ4v) is 9.18. The standard InChI is InChI=1S/C50H81N15O16/c1-24(2)20-33(49(80)81)61-46(77)39(27(6)66)63-44(75)35-12-9-19-65(35)48(79)32(21-28-22-54-23-56-28)60-42(73)30(13-15-36(67)68)58-41(72)31(14-16-37(69)70)59-43(74)34-11-8-18-64(34)47(78)26(5)57-45(76)38(25(3)4)62-40(71)29(51)10-7-17-55-50(52)53/h22-27,29-35,38-39,66H,7-21,51H2,1-6H3,(H,54,56)(H,57,76)(H,58,72)(H,59,74)(H,60,73)(H,61,77)(H,62,71)(H,63,75)(H,67,68)(H,69,70)(H,80,81)(H4,52,53,55)/t26-,27+,29-,30-,31-,32-,33-,34-,35-,38-,39-/m0/s1. The van der Waals surface area contributed by atoms with Crippen LogP contribution in [0, 0.1) is 11.8 Å². The number of aromatic amines is 1. The number of amides is 9. The van der Waals surface area contributed by atoms with Crippen LogP contribution in [0.4, 0.5) is 0 Å². The topological polar surface area (TPSA) is 496 Å². The zero-order valence-corrected chi connectivity index (χ0v) is 46.5. The average molecular weight is 1150 g/mol. The van der Waals surface area contributed by atoms with Crippen LogP contribution in [-0.4, -0.2) is 203 Å². The molecule has 0 radical (unpaired) electrons. The second-order valence-electron chi connectivity index (χ2n) is 21.0. The van der Waals surface area contributed by atoms with Gasteiger partial charge in [-0.25, -0.2) is 9.78 Å². The monoisotopic (exact) mass is 1150 g/mol. The fraction of sp³-hybridized carbons (Fsp3) is 0.680. The largest absolute Gasteiger partial charge is 0.481 e. The molecule has 0 spiro atoms. The summed E-state index contributed by atoms with van der Waals surface area (Å²) in [6.07, 6.45) is -0.400. The highest BCUT2D eigenvalue weighted by molar-refractivity contribution is 5.99. The van der Waals surface area contributed by atoms with Crippen molar-refractivity contribution >= 4 is 77.0 Å². The van der Waals surface area contributed by atoms with Gasteiger partial charge in [0.1, 0.15) is 54.4 Å². The number of aliphatic hydroxyl groups is 1. The molecule has 2 aliphatic heterocycles. The minimum absolute atomic E-state index is 0.0338. The molecule has 2 aliphatic rings. The average Bonchev–Trinajstić information content (AvgIpc) is 4.30. The number of imidazole rings is 1. The molecule has 0 aliphatic carbocycles. The number of nitrogens with zero attached hydrogens (tertiary/aromatic N) is 4. The highest BCUT2D eigenvalue weighted by Crippen LogP contribution is 2.22. The number of aliphatic hydroxyl groups excluding tert-OH is 1. The number of hydrogen-bond acceptors (Lipinski definition) is 16. The minimum Gasteiger partial charge on any atom is -0.481 e. The molecule has 0 saturated carbocycles. The Labute approximate surface area is 467 Å². The van der Waals surface area contributed by atoms with Gasteiger partial charge in [-0.2, -0.15) is 0 Å². The molecule has 1 aromatic rings. The van der Waals surface area contributed by atoms with Crippen molar-refractivity contribution in [2.24, 2.45) is 34.0 Å². The maximum Gasteiger partial charge on any atom is 0.326 e. The highest BCUT2D eigenvalue weighted by atomic mass is 16.4. The lowest BCUT2D eigenvalue weighted by atomic mass is 10.0. The van der Waals surface area contributed by atoms with Crippen LogP contribution < -0.4 is 54.4 Å². The number of carbonyl (C=O) groups excluding carboxylic acids is 9. The van der Waals surface area contributed by atoms with E-state index in [0.29, 0.717) is 18.5 Å². The van der Waals surface area contributed by atoms with E-state index in [0.717, 1.165) is 4.90 Å². The Morgan fingerprint density at radius 3 is 1.67 bits per heavy atom. The molecule has 0 unspecified atom stereocenters. The summed E-state index contributed by atoms with van der Waals surface area (Å²) >= 11 is 0. The third-order valence-electron chi connectivity index (χ3n) is 13.5. The Balaban J connectivity index is 1.82. The quantitative estimate of drug-likeness (QED) is 0.0180. The maximum absolute atomic E-state index is 14.5. The molecule has 452 valence electrons. The van der Waals surface area contributed by atoms with Crippen LogP contribution in [-0.2, 0) is 64.0 Å². The van der Waals surface area contributed by atoms with E-state index in [4.69, 9.17) is 17.2 Å². The number of carboxylic acids is 3. The summed E-state index contributed by atoms with van der Waals surface area (Å²) in [5, 5.41) is 56.8. The predicted molar refractivity (Wildman–Crippen MR) is 286 cm³/mol. The number of rotatable bonds is 33. The predicted octanol–water partition coefficient (Wildman–Crippen LogP) is -4.37. The number of nitrogens with two attached hydrogens (primary N) is 3. The van der Waals surface area contributed by atoms with Crippen molar-refractivity contribution in [2.45, 2.75) is 185 Å². The van der Waals surface area contributed by atoms with E-state index >= 15 is 0 Å². The molecule has 3 heterocycles. The van der Waals surface area contributed by atoms with Crippen molar-refractivity contribution in [3.63, 3.8) is 0 Å². The number of carbonyl (C=O) groups is 12. The molecule has 11 atom stereocenters. The van der Waals surface area contributed by atoms with Crippen molar-refractivity contribution in [2.75, 3.05) is 19.6 Å². The summed E-state index contributed by atoms with van der Waals surface area (Å²) in [6.45, 7) is 9.60. The van der Waals surface area contributed by atoms with Crippen LogP contribution in [0.25, 0.3) is 0 Å². The van der Waals surface area contributed by atoms with Gasteiger partial charge < -0.3 is 89.6 Å². The molecule has 3 rings (SSSR count). The summed E-state index contributed by atoms with van der Waals surface area (Å²) in [6, 6.07) is -13.9. The smallest absolute Gasteiger partial charge is 0.326 e. The second kappa shape index (κ2) is 32.3. The third-order valence-corrected chi connectivity index (χ3v) is 13.5. The van der Waals surface area contributed by atoms with Gasteiger partial charge in [0.05, 0.1) is 18.5 Å². The molecule has 18 N–H and O–H groups in total. The first-order valence-corrected chi connectivity index (χ1v) is 26.9. The zero-order valence-electron chi connectivity index (χ0n) is 46.5. The van der Waals surface area contributed by atoms with E-state index in [-0.39, 0.29) is 70.0 Å². The van der Waals surface area contributed by atoms with Gasteiger partial charge in [0, 0.05) is 50.8 Å². The van der Waals surface area contributed by atoms with Crippen LogP contribution in [0.1, 0.15) is 118 Å². The first kappa shape index (κ1) is 67.3. The molecular formula is C50H81N15O16. The van der Waals surface area contributed by atoms with E-state index in [1.165, 1.54) is 31.3 Å². The van der Waals surface area contributed by atoms with Crippen LogP contribution in [0.5, 0.6) is 0 Å². The summed E-state index contributed by atoms with van der Waals surface area (Å²) in [5.41, 5.74) is 17.0. The Morgan fingerprint density at radius 2 is 1.17 bits per heavy atom. The Hall–Kier alpha value is -7.96. The number of aromatic nitrogens is 2. The lowest BCUT2D eigenvalue weighted by molar-refractivity contribution is -0.145. The van der Waals surface area contributed by atoms with Gasteiger partial charge in [-0.3, -0.25) is 57.7 Å². The van der Waals surface area contributed by atoms with Gasteiger partial charge >= 0.3 is 17.9 Å². The fourth-order valence-electron chi connectivity index (χ4n) is 9.18.